The van der Waals surface area contributed by atoms with Gasteiger partial charge in [0.1, 0.15) is 5.82 Å². The lowest BCUT2D eigenvalue weighted by atomic mass is 10.1. The predicted octanol–water partition coefficient (Wildman–Crippen LogP) is 1.78. The van der Waals surface area contributed by atoms with Crippen molar-refractivity contribution in [2.24, 2.45) is 0 Å². The molecule has 0 aliphatic rings. The molecule has 0 radical (unpaired) electrons. The van der Waals surface area contributed by atoms with Crippen LogP contribution < -0.4 is 5.32 Å². The van der Waals surface area contributed by atoms with Crippen LogP contribution in [0.15, 0.2) is 30.5 Å². The maximum atomic E-state index is 13.7. The highest BCUT2D eigenvalue weighted by Crippen LogP contribution is 2.19. The van der Waals surface area contributed by atoms with Gasteiger partial charge in [-0.05, 0) is 44.8 Å². The molecule has 0 aliphatic carbocycles. The lowest BCUT2D eigenvalue weighted by Crippen LogP contribution is -2.45. The first-order valence-corrected chi connectivity index (χ1v) is 6.99. The highest BCUT2D eigenvalue weighted by Gasteiger charge is 2.20. The van der Waals surface area contributed by atoms with Crippen LogP contribution >= 0.6 is 0 Å². The molecule has 1 unspecified atom stereocenters. The molecule has 2 aromatic rings. The Bertz CT molecular complexity index is 613. The van der Waals surface area contributed by atoms with Crippen molar-refractivity contribution in [3.63, 3.8) is 0 Å². The molecule has 114 valence electrons. The number of nitrogens with zero attached hydrogens (tertiary/aromatic N) is 2. The Labute approximate surface area is 124 Å². The molecule has 21 heavy (non-hydrogen) atoms. The van der Waals surface area contributed by atoms with Crippen molar-refractivity contribution in [2.75, 3.05) is 27.2 Å². The fourth-order valence-electron chi connectivity index (χ4n) is 2.54. The van der Waals surface area contributed by atoms with E-state index in [1.54, 1.807) is 31.3 Å². The Kier molecular flexibility index (Phi) is 4.88. The molecule has 2 N–H and O–H groups in total. The van der Waals surface area contributed by atoms with Gasteiger partial charge in [0.25, 0.3) is 0 Å². The second-order valence-corrected chi connectivity index (χ2v) is 5.94. The number of rotatable bonds is 6. The number of benzene rings is 1. The third kappa shape index (κ3) is 4.20. The van der Waals surface area contributed by atoms with Crippen LogP contribution in [0.3, 0.4) is 0 Å². The van der Waals surface area contributed by atoms with Crippen LogP contribution in [-0.2, 0) is 6.54 Å². The van der Waals surface area contributed by atoms with E-state index in [1.807, 2.05) is 19.0 Å². The van der Waals surface area contributed by atoms with Gasteiger partial charge in [0.15, 0.2) is 0 Å². The first-order valence-electron chi connectivity index (χ1n) is 6.99. The van der Waals surface area contributed by atoms with E-state index in [1.165, 1.54) is 6.07 Å². The van der Waals surface area contributed by atoms with Gasteiger partial charge in [-0.25, -0.2) is 4.39 Å². The Morgan fingerprint density at radius 3 is 2.81 bits per heavy atom. The summed E-state index contributed by atoms with van der Waals surface area (Å²) in [6, 6.07) is 6.64. The van der Waals surface area contributed by atoms with Gasteiger partial charge in [-0.3, -0.25) is 4.98 Å². The topological polar surface area (TPSA) is 48.4 Å². The van der Waals surface area contributed by atoms with Crippen LogP contribution in [0.1, 0.15) is 12.5 Å². The number of aromatic nitrogens is 1. The molecule has 0 amide bonds. The number of nitrogens with one attached hydrogen (secondary N) is 1. The molecule has 0 fully saturated rings. The summed E-state index contributed by atoms with van der Waals surface area (Å²) >= 11 is 0. The van der Waals surface area contributed by atoms with E-state index in [2.05, 4.69) is 10.3 Å². The maximum absolute atomic E-state index is 13.7. The monoisotopic (exact) mass is 291 g/mol. The quantitative estimate of drug-likeness (QED) is 0.852. The molecular weight excluding hydrogens is 269 g/mol. The third-order valence-electron chi connectivity index (χ3n) is 3.28. The molecule has 4 nitrogen and oxygen atoms in total. The molecule has 1 atom stereocenters. The Morgan fingerprint density at radius 1 is 1.33 bits per heavy atom. The summed E-state index contributed by atoms with van der Waals surface area (Å²) in [5.41, 5.74) is 0.775. The third-order valence-corrected chi connectivity index (χ3v) is 3.28. The van der Waals surface area contributed by atoms with Crippen LogP contribution in [0.4, 0.5) is 4.39 Å². The summed E-state index contributed by atoms with van der Waals surface area (Å²) in [7, 11) is 3.84. The zero-order valence-electron chi connectivity index (χ0n) is 12.7. The summed E-state index contributed by atoms with van der Waals surface area (Å²) in [4.78, 5) is 6.20. The number of halogens is 1. The Balaban J connectivity index is 2.06. The summed E-state index contributed by atoms with van der Waals surface area (Å²) in [6.07, 6.45) is 1.66. The fourth-order valence-corrected chi connectivity index (χ4v) is 2.54. The fraction of sp³-hybridized carbons (Fsp3) is 0.438. The van der Waals surface area contributed by atoms with Gasteiger partial charge < -0.3 is 15.3 Å². The van der Waals surface area contributed by atoms with Crippen molar-refractivity contribution in [1.29, 1.82) is 0 Å². The van der Waals surface area contributed by atoms with Crippen molar-refractivity contribution in [3.8, 4) is 0 Å². The summed E-state index contributed by atoms with van der Waals surface area (Å²) < 4.78 is 13.7. The van der Waals surface area contributed by atoms with Gasteiger partial charge in [0, 0.05) is 31.2 Å². The van der Waals surface area contributed by atoms with Crippen LogP contribution in [0.25, 0.3) is 10.9 Å². The lowest BCUT2D eigenvalue weighted by Gasteiger charge is -2.27. The minimum absolute atomic E-state index is 0.263. The van der Waals surface area contributed by atoms with E-state index in [9.17, 15) is 9.50 Å². The number of hydrogen-bond donors (Lipinski definition) is 2. The number of aliphatic hydroxyl groups is 1. The predicted molar refractivity (Wildman–Crippen MR) is 82.6 cm³/mol. The van der Waals surface area contributed by atoms with Gasteiger partial charge in [-0.2, -0.15) is 0 Å². The average Bonchev–Trinajstić information content (AvgIpc) is 2.40. The molecule has 5 heteroatoms. The van der Waals surface area contributed by atoms with E-state index < -0.39 is 5.60 Å². The van der Waals surface area contributed by atoms with Crippen molar-refractivity contribution < 1.29 is 9.50 Å². The van der Waals surface area contributed by atoms with Gasteiger partial charge in [-0.1, -0.05) is 6.07 Å². The second kappa shape index (κ2) is 6.47. The van der Waals surface area contributed by atoms with Gasteiger partial charge in [0.05, 0.1) is 11.1 Å². The normalized spacial score (nSPS) is 14.6. The van der Waals surface area contributed by atoms with Crippen LogP contribution in [0, 0.1) is 5.82 Å². The van der Waals surface area contributed by atoms with Crippen LogP contribution in [0.2, 0.25) is 0 Å². The average molecular weight is 291 g/mol. The van der Waals surface area contributed by atoms with Crippen molar-refractivity contribution >= 4 is 10.9 Å². The minimum atomic E-state index is -0.813. The number of fused-ring (bicyclic) bond motifs is 1. The standard InChI is InChI=1S/C16H22FN3O/c1-16(21,11-20(2)3)10-18-9-12-6-7-14(17)13-5-4-8-19-15(12)13/h4-8,18,21H,9-11H2,1-3H3. The minimum Gasteiger partial charge on any atom is -0.388 e. The number of pyridine rings is 1. The molecule has 0 saturated carbocycles. The van der Waals surface area contributed by atoms with E-state index in [0.717, 1.165) is 5.56 Å². The first kappa shape index (κ1) is 15.8. The van der Waals surface area contributed by atoms with Crippen molar-refractivity contribution in [2.45, 2.75) is 19.1 Å². The highest BCUT2D eigenvalue weighted by molar-refractivity contribution is 5.82. The van der Waals surface area contributed by atoms with Gasteiger partial charge in [-0.15, -0.1) is 0 Å². The van der Waals surface area contributed by atoms with E-state index >= 15 is 0 Å². The summed E-state index contributed by atoms with van der Waals surface area (Å²) in [5.74, 6) is -0.263. The largest absolute Gasteiger partial charge is 0.388 e. The van der Waals surface area contributed by atoms with Gasteiger partial charge >= 0.3 is 0 Å². The van der Waals surface area contributed by atoms with Crippen molar-refractivity contribution in [3.05, 3.63) is 41.8 Å². The molecule has 0 bridgehead atoms. The Morgan fingerprint density at radius 2 is 2.10 bits per heavy atom. The molecule has 1 aromatic carbocycles. The second-order valence-electron chi connectivity index (χ2n) is 5.94. The number of likely N-dealkylation sites (N-methyl/N-ethyl adjacent to an activating group) is 1. The lowest BCUT2D eigenvalue weighted by molar-refractivity contribution is 0.0336. The molecule has 1 heterocycles. The van der Waals surface area contributed by atoms with E-state index in [4.69, 9.17) is 0 Å². The molecule has 1 aromatic heterocycles. The molecule has 2 rings (SSSR count). The Hall–Kier alpha value is -1.56. The smallest absolute Gasteiger partial charge is 0.132 e. The van der Waals surface area contributed by atoms with E-state index in [-0.39, 0.29) is 5.82 Å². The zero-order chi connectivity index (χ0) is 15.5. The summed E-state index contributed by atoms with van der Waals surface area (Å²) in [6.45, 7) is 3.36. The maximum Gasteiger partial charge on any atom is 0.132 e. The highest BCUT2D eigenvalue weighted by atomic mass is 19.1. The first-order chi connectivity index (χ1) is 9.89. The number of hydrogen-bond acceptors (Lipinski definition) is 4. The summed E-state index contributed by atoms with van der Waals surface area (Å²) in [5, 5.41) is 14.0. The molecule has 0 spiro atoms. The van der Waals surface area contributed by atoms with Gasteiger partial charge in [0.2, 0.25) is 0 Å². The molecular formula is C16H22FN3O. The van der Waals surface area contributed by atoms with Crippen molar-refractivity contribution in [1.82, 2.24) is 15.2 Å². The van der Waals surface area contributed by atoms with Crippen LogP contribution in [0.5, 0.6) is 0 Å². The SMILES string of the molecule is CN(C)CC(C)(O)CNCc1ccc(F)c2cccnc12. The van der Waals surface area contributed by atoms with Crippen LogP contribution in [-0.4, -0.2) is 47.8 Å². The zero-order valence-corrected chi connectivity index (χ0v) is 12.7. The molecule has 0 aliphatic heterocycles. The molecule has 0 saturated heterocycles. The van der Waals surface area contributed by atoms with E-state index in [0.29, 0.717) is 30.5 Å².